The molecule has 3 nitrogen and oxygen atoms in total. The Morgan fingerprint density at radius 1 is 1.46 bits per heavy atom. The van der Waals surface area contributed by atoms with Crippen molar-refractivity contribution < 1.29 is 4.79 Å². The summed E-state index contributed by atoms with van der Waals surface area (Å²) in [6, 6.07) is 0. The monoisotopic (exact) mass is 184 g/mol. The number of carbonyl (C=O) groups is 1. The van der Waals surface area contributed by atoms with E-state index in [4.69, 9.17) is 5.73 Å². The number of amides is 1. The largest absolute Gasteiger partial charge is 0.345 e. The van der Waals surface area contributed by atoms with Gasteiger partial charge in [0.25, 0.3) is 0 Å². The van der Waals surface area contributed by atoms with Crippen molar-refractivity contribution in [2.45, 2.75) is 32.1 Å². The molecule has 0 aromatic rings. The van der Waals surface area contributed by atoms with Crippen molar-refractivity contribution in [2.75, 3.05) is 20.1 Å². The summed E-state index contributed by atoms with van der Waals surface area (Å²) in [5.41, 5.74) is 5.27. The summed E-state index contributed by atoms with van der Waals surface area (Å²) in [6.07, 6.45) is 6.61. The van der Waals surface area contributed by atoms with Gasteiger partial charge in [-0.1, -0.05) is 25.7 Å². The lowest BCUT2D eigenvalue weighted by molar-refractivity contribution is -0.128. The highest BCUT2D eigenvalue weighted by atomic mass is 16.2. The zero-order valence-electron chi connectivity index (χ0n) is 8.46. The molecule has 3 heteroatoms. The second-order valence-corrected chi connectivity index (χ2v) is 3.96. The predicted octanol–water partition coefficient (Wildman–Crippen LogP) is 0.984. The van der Waals surface area contributed by atoms with E-state index in [-0.39, 0.29) is 12.5 Å². The average Bonchev–Trinajstić information content (AvgIpc) is 2.65. The van der Waals surface area contributed by atoms with Crippen LogP contribution < -0.4 is 5.73 Å². The van der Waals surface area contributed by atoms with E-state index in [0.29, 0.717) is 0 Å². The Labute approximate surface area is 80.3 Å². The van der Waals surface area contributed by atoms with Crippen LogP contribution in [-0.2, 0) is 4.79 Å². The molecule has 1 saturated carbocycles. The summed E-state index contributed by atoms with van der Waals surface area (Å²) in [5.74, 6) is 0.908. The van der Waals surface area contributed by atoms with Crippen molar-refractivity contribution in [1.82, 2.24) is 4.90 Å². The Morgan fingerprint density at radius 2 is 2.08 bits per heavy atom. The molecule has 1 rings (SSSR count). The first-order valence-electron chi connectivity index (χ1n) is 5.18. The number of nitrogens with two attached hydrogens (primary N) is 1. The van der Waals surface area contributed by atoms with Crippen molar-refractivity contribution in [1.29, 1.82) is 0 Å². The number of nitrogens with zero attached hydrogens (tertiary/aromatic N) is 1. The van der Waals surface area contributed by atoms with Crippen molar-refractivity contribution in [2.24, 2.45) is 11.7 Å². The smallest absolute Gasteiger partial charge is 0.236 e. The van der Waals surface area contributed by atoms with E-state index >= 15 is 0 Å². The quantitative estimate of drug-likeness (QED) is 0.708. The molecule has 0 atom stereocenters. The lowest BCUT2D eigenvalue weighted by Crippen LogP contribution is -2.33. The van der Waals surface area contributed by atoms with Gasteiger partial charge in [-0.05, 0) is 12.3 Å². The van der Waals surface area contributed by atoms with E-state index in [2.05, 4.69) is 0 Å². The molecule has 0 aliphatic heterocycles. The molecule has 1 aliphatic carbocycles. The number of likely N-dealkylation sites (N-methyl/N-ethyl adjacent to an activating group) is 1. The molecule has 1 aliphatic rings. The Morgan fingerprint density at radius 3 is 2.62 bits per heavy atom. The Hall–Kier alpha value is -0.570. The van der Waals surface area contributed by atoms with Crippen molar-refractivity contribution in [3.63, 3.8) is 0 Å². The van der Waals surface area contributed by atoms with E-state index < -0.39 is 0 Å². The lowest BCUT2D eigenvalue weighted by Gasteiger charge is -2.18. The molecule has 0 aromatic heterocycles. The minimum absolute atomic E-state index is 0.0537. The maximum absolute atomic E-state index is 11.1. The topological polar surface area (TPSA) is 46.3 Å². The maximum atomic E-state index is 11.1. The van der Waals surface area contributed by atoms with Crippen molar-refractivity contribution in [3.8, 4) is 0 Å². The zero-order valence-corrected chi connectivity index (χ0v) is 8.46. The third-order valence-electron chi connectivity index (χ3n) is 2.95. The van der Waals surface area contributed by atoms with Crippen LogP contribution >= 0.6 is 0 Å². The predicted molar refractivity (Wildman–Crippen MR) is 53.3 cm³/mol. The lowest BCUT2D eigenvalue weighted by atomic mass is 10.0. The van der Waals surface area contributed by atoms with Crippen LogP contribution in [0.1, 0.15) is 32.1 Å². The summed E-state index contributed by atoms with van der Waals surface area (Å²) >= 11 is 0. The van der Waals surface area contributed by atoms with Gasteiger partial charge in [-0.15, -0.1) is 0 Å². The average molecular weight is 184 g/mol. The molecule has 0 radical (unpaired) electrons. The van der Waals surface area contributed by atoms with Gasteiger partial charge in [0.15, 0.2) is 0 Å². The summed E-state index contributed by atoms with van der Waals surface area (Å²) < 4.78 is 0. The molecular formula is C10H20N2O. The first-order valence-corrected chi connectivity index (χ1v) is 5.18. The van der Waals surface area contributed by atoms with Crippen LogP contribution in [0.25, 0.3) is 0 Å². The molecule has 0 aromatic carbocycles. The highest BCUT2D eigenvalue weighted by Crippen LogP contribution is 2.27. The van der Waals surface area contributed by atoms with Gasteiger partial charge in [-0.3, -0.25) is 4.79 Å². The molecule has 76 valence electrons. The summed E-state index contributed by atoms with van der Waals surface area (Å²) in [5, 5.41) is 0. The minimum atomic E-state index is 0.0537. The van der Waals surface area contributed by atoms with Crippen LogP contribution in [0.4, 0.5) is 0 Å². The first-order chi connectivity index (χ1) is 6.24. The van der Waals surface area contributed by atoms with Crippen LogP contribution in [0.2, 0.25) is 0 Å². The summed E-state index contributed by atoms with van der Waals surface area (Å²) in [4.78, 5) is 12.9. The Bertz CT molecular complexity index is 164. The van der Waals surface area contributed by atoms with Crippen LogP contribution in [0.5, 0.6) is 0 Å². The molecule has 0 heterocycles. The third kappa shape index (κ3) is 3.35. The molecule has 0 saturated heterocycles. The summed E-state index contributed by atoms with van der Waals surface area (Å²) in [6.45, 7) is 1.02. The fourth-order valence-electron chi connectivity index (χ4n) is 1.96. The van der Waals surface area contributed by atoms with E-state index in [0.717, 1.165) is 18.9 Å². The van der Waals surface area contributed by atoms with E-state index in [9.17, 15) is 4.79 Å². The minimum Gasteiger partial charge on any atom is -0.345 e. The number of hydrogen-bond donors (Lipinski definition) is 1. The second-order valence-electron chi connectivity index (χ2n) is 3.96. The molecule has 0 bridgehead atoms. The van der Waals surface area contributed by atoms with Gasteiger partial charge in [0.05, 0.1) is 6.54 Å². The SMILES string of the molecule is CN(CCC1CCCC1)C(=O)CN. The van der Waals surface area contributed by atoms with Gasteiger partial charge in [0, 0.05) is 13.6 Å². The molecule has 0 spiro atoms. The molecule has 13 heavy (non-hydrogen) atoms. The van der Waals surface area contributed by atoms with Gasteiger partial charge in [0.1, 0.15) is 0 Å². The Kier molecular flexibility index (Phi) is 4.22. The number of carbonyl (C=O) groups excluding carboxylic acids is 1. The van der Waals surface area contributed by atoms with Crippen molar-refractivity contribution >= 4 is 5.91 Å². The van der Waals surface area contributed by atoms with Crippen LogP contribution in [0, 0.1) is 5.92 Å². The normalized spacial score (nSPS) is 17.7. The highest BCUT2D eigenvalue weighted by molar-refractivity contribution is 5.77. The third-order valence-corrected chi connectivity index (χ3v) is 2.95. The van der Waals surface area contributed by atoms with Crippen molar-refractivity contribution in [3.05, 3.63) is 0 Å². The van der Waals surface area contributed by atoms with E-state index in [1.807, 2.05) is 7.05 Å². The van der Waals surface area contributed by atoms with Gasteiger partial charge >= 0.3 is 0 Å². The Balaban J connectivity index is 2.13. The van der Waals surface area contributed by atoms with Gasteiger partial charge in [0.2, 0.25) is 5.91 Å². The molecule has 0 unspecified atom stereocenters. The maximum Gasteiger partial charge on any atom is 0.236 e. The molecular weight excluding hydrogens is 164 g/mol. The molecule has 2 N–H and O–H groups in total. The second kappa shape index (κ2) is 5.22. The fourth-order valence-corrected chi connectivity index (χ4v) is 1.96. The fraction of sp³-hybridized carbons (Fsp3) is 0.900. The van der Waals surface area contributed by atoms with Gasteiger partial charge < -0.3 is 10.6 Å². The number of hydrogen-bond acceptors (Lipinski definition) is 2. The van der Waals surface area contributed by atoms with Gasteiger partial charge in [-0.25, -0.2) is 0 Å². The molecule has 1 fully saturated rings. The number of rotatable bonds is 4. The van der Waals surface area contributed by atoms with E-state index in [1.165, 1.54) is 25.7 Å². The summed E-state index contributed by atoms with van der Waals surface area (Å²) in [7, 11) is 1.84. The van der Waals surface area contributed by atoms with E-state index in [1.54, 1.807) is 4.90 Å². The zero-order chi connectivity index (χ0) is 9.68. The molecule has 1 amide bonds. The van der Waals surface area contributed by atoms with Crippen LogP contribution in [-0.4, -0.2) is 30.9 Å². The standard InChI is InChI=1S/C10H20N2O/c1-12(10(13)8-11)7-6-9-4-2-3-5-9/h9H,2-8,11H2,1H3. The van der Waals surface area contributed by atoms with Crippen LogP contribution in [0.15, 0.2) is 0 Å². The van der Waals surface area contributed by atoms with Crippen LogP contribution in [0.3, 0.4) is 0 Å². The highest BCUT2D eigenvalue weighted by Gasteiger charge is 2.16. The first kappa shape index (κ1) is 10.5. The van der Waals surface area contributed by atoms with Gasteiger partial charge in [-0.2, -0.15) is 0 Å².